The van der Waals surface area contributed by atoms with Crippen molar-refractivity contribution < 1.29 is 30.8 Å². The number of hydrogen-bond acceptors (Lipinski definition) is 6. The number of nitrogens with zero attached hydrogens (tertiary/aromatic N) is 6. The van der Waals surface area contributed by atoms with E-state index >= 15 is 0 Å². The van der Waals surface area contributed by atoms with Crippen LogP contribution in [0.3, 0.4) is 0 Å². The van der Waals surface area contributed by atoms with Gasteiger partial charge in [0, 0.05) is 25.4 Å². The molecule has 1 fully saturated rings. The van der Waals surface area contributed by atoms with Crippen LogP contribution >= 0.6 is 0 Å². The van der Waals surface area contributed by atoms with Crippen molar-refractivity contribution in [3.8, 4) is 11.6 Å². The molecule has 1 aliphatic heterocycles. The standard InChI is InChI=1S/C18H12F6N6O/c19-17(20,21)9-5-12(18(22,23)24)27-15-14(9)11(29-3-1-2-4-29)6-13-26-10(7-30(13)15)16-28-25-8-31-16/h5-8H,1-4H2. The van der Waals surface area contributed by atoms with Crippen molar-refractivity contribution >= 4 is 22.4 Å². The van der Waals surface area contributed by atoms with Gasteiger partial charge in [-0.2, -0.15) is 26.3 Å². The van der Waals surface area contributed by atoms with Crippen molar-refractivity contribution in [3.05, 3.63) is 36.0 Å². The van der Waals surface area contributed by atoms with Crippen molar-refractivity contribution in [3.63, 3.8) is 0 Å². The molecule has 5 heterocycles. The molecule has 0 spiro atoms. The van der Waals surface area contributed by atoms with Crippen LogP contribution in [0.4, 0.5) is 32.0 Å². The first-order valence-corrected chi connectivity index (χ1v) is 9.15. The first-order valence-electron chi connectivity index (χ1n) is 9.15. The summed E-state index contributed by atoms with van der Waals surface area (Å²) in [5, 5.41) is 6.80. The van der Waals surface area contributed by atoms with E-state index in [-0.39, 0.29) is 29.0 Å². The molecular weight excluding hydrogens is 430 g/mol. The Bertz CT molecular complexity index is 1270. The molecule has 0 aliphatic carbocycles. The highest BCUT2D eigenvalue weighted by atomic mass is 19.4. The average Bonchev–Trinajstić information content (AvgIpc) is 3.45. The lowest BCUT2D eigenvalue weighted by molar-refractivity contribution is -0.144. The summed E-state index contributed by atoms with van der Waals surface area (Å²) >= 11 is 0. The van der Waals surface area contributed by atoms with Crippen LogP contribution in [-0.4, -0.2) is 37.7 Å². The molecular formula is C18H12F6N6O. The molecule has 5 rings (SSSR count). The van der Waals surface area contributed by atoms with Crippen LogP contribution in [0.25, 0.3) is 28.3 Å². The van der Waals surface area contributed by atoms with Gasteiger partial charge in [0.1, 0.15) is 22.7 Å². The van der Waals surface area contributed by atoms with Crippen LogP contribution in [0, 0.1) is 0 Å². The highest BCUT2D eigenvalue weighted by Crippen LogP contribution is 2.43. The molecule has 13 heteroatoms. The van der Waals surface area contributed by atoms with E-state index < -0.39 is 34.6 Å². The minimum absolute atomic E-state index is 0.0254. The summed E-state index contributed by atoms with van der Waals surface area (Å²) in [5.74, 6) is -0.0254. The summed E-state index contributed by atoms with van der Waals surface area (Å²) in [6, 6.07) is 1.47. The van der Waals surface area contributed by atoms with Crippen molar-refractivity contribution in [1.29, 1.82) is 0 Å². The van der Waals surface area contributed by atoms with Gasteiger partial charge in [0.05, 0.1) is 16.6 Å². The van der Waals surface area contributed by atoms with Crippen LogP contribution < -0.4 is 4.90 Å². The molecule has 0 aromatic carbocycles. The SMILES string of the molecule is FC(F)(F)c1cc(C(F)(F)F)c2c(N3CCCC3)cc3nc(-c4nnco4)cn3c2n1. The summed E-state index contributed by atoms with van der Waals surface area (Å²) in [6.07, 6.45) is -6.33. The molecule has 7 nitrogen and oxygen atoms in total. The van der Waals surface area contributed by atoms with Crippen LogP contribution in [0.2, 0.25) is 0 Å². The van der Waals surface area contributed by atoms with Gasteiger partial charge in [0.15, 0.2) is 0 Å². The molecule has 0 unspecified atom stereocenters. The van der Waals surface area contributed by atoms with Gasteiger partial charge in [0.2, 0.25) is 6.39 Å². The highest BCUT2D eigenvalue weighted by molar-refractivity contribution is 5.96. The second-order valence-corrected chi connectivity index (χ2v) is 7.07. The first-order chi connectivity index (χ1) is 14.6. The number of pyridine rings is 2. The van der Waals surface area contributed by atoms with Crippen LogP contribution in [0.15, 0.2) is 29.1 Å². The lowest BCUT2D eigenvalue weighted by atomic mass is 10.1. The monoisotopic (exact) mass is 442 g/mol. The second kappa shape index (κ2) is 6.56. The molecule has 0 radical (unpaired) electrons. The lowest BCUT2D eigenvalue weighted by Crippen LogP contribution is -2.21. The van der Waals surface area contributed by atoms with Gasteiger partial charge in [-0.15, -0.1) is 10.2 Å². The van der Waals surface area contributed by atoms with Crippen molar-refractivity contribution in [1.82, 2.24) is 24.6 Å². The van der Waals surface area contributed by atoms with E-state index in [1.807, 2.05) is 0 Å². The molecule has 0 bridgehead atoms. The quantitative estimate of drug-likeness (QED) is 0.424. The molecule has 0 saturated carbocycles. The zero-order chi connectivity index (χ0) is 22.0. The number of rotatable bonds is 2. The molecule has 162 valence electrons. The van der Waals surface area contributed by atoms with Gasteiger partial charge < -0.3 is 9.32 Å². The third kappa shape index (κ3) is 3.24. The Morgan fingerprint density at radius 2 is 1.68 bits per heavy atom. The normalized spacial score (nSPS) is 15.5. The molecule has 4 aromatic heterocycles. The smallest absolute Gasteiger partial charge is 0.422 e. The number of imidazole rings is 1. The Morgan fingerprint density at radius 3 is 2.29 bits per heavy atom. The molecule has 4 aromatic rings. The fourth-order valence-corrected chi connectivity index (χ4v) is 3.78. The third-order valence-electron chi connectivity index (χ3n) is 5.11. The maximum Gasteiger partial charge on any atom is 0.433 e. The van der Waals surface area contributed by atoms with E-state index in [9.17, 15) is 26.3 Å². The van der Waals surface area contributed by atoms with Gasteiger partial charge in [-0.05, 0) is 18.9 Å². The van der Waals surface area contributed by atoms with Crippen molar-refractivity contribution in [2.24, 2.45) is 0 Å². The van der Waals surface area contributed by atoms with Crippen LogP contribution in [-0.2, 0) is 12.4 Å². The van der Waals surface area contributed by atoms with Crippen LogP contribution in [0.5, 0.6) is 0 Å². The average molecular weight is 442 g/mol. The predicted octanol–water partition coefficient (Wildman–Crippen LogP) is 4.57. The van der Waals surface area contributed by atoms with Gasteiger partial charge in [-0.1, -0.05) is 0 Å². The number of anilines is 1. The fraction of sp³-hybridized carbons (Fsp3) is 0.333. The highest BCUT2D eigenvalue weighted by Gasteiger charge is 2.41. The maximum atomic E-state index is 13.9. The van der Waals surface area contributed by atoms with E-state index in [0.717, 1.165) is 23.6 Å². The molecule has 1 aliphatic rings. The Morgan fingerprint density at radius 1 is 0.935 bits per heavy atom. The molecule has 1 saturated heterocycles. The number of fused-ring (bicyclic) bond motifs is 3. The van der Waals surface area contributed by atoms with Gasteiger partial charge in [0.25, 0.3) is 5.89 Å². The minimum Gasteiger partial charge on any atom is -0.422 e. The Balaban J connectivity index is 1.92. The number of aromatic nitrogens is 5. The first kappa shape index (κ1) is 19.6. The Kier molecular flexibility index (Phi) is 4.14. The Hall–Kier alpha value is -3.38. The number of halogens is 6. The van der Waals surface area contributed by atoms with Crippen molar-refractivity contribution in [2.75, 3.05) is 18.0 Å². The molecule has 0 amide bonds. The number of alkyl halides is 6. The summed E-state index contributed by atoms with van der Waals surface area (Å²) in [6.45, 7) is 0.946. The Labute approximate surface area is 169 Å². The van der Waals surface area contributed by atoms with Gasteiger partial charge in [-0.3, -0.25) is 4.40 Å². The second-order valence-electron chi connectivity index (χ2n) is 7.07. The van der Waals surface area contributed by atoms with E-state index in [0.29, 0.717) is 13.1 Å². The predicted molar refractivity (Wildman–Crippen MR) is 95.2 cm³/mol. The molecule has 31 heavy (non-hydrogen) atoms. The fourth-order valence-electron chi connectivity index (χ4n) is 3.78. The van der Waals surface area contributed by atoms with E-state index in [4.69, 9.17) is 4.42 Å². The third-order valence-corrected chi connectivity index (χ3v) is 5.11. The largest absolute Gasteiger partial charge is 0.433 e. The van der Waals surface area contributed by atoms with E-state index in [1.165, 1.54) is 12.3 Å². The minimum atomic E-state index is -5.07. The van der Waals surface area contributed by atoms with E-state index in [2.05, 4.69) is 20.2 Å². The lowest BCUT2D eigenvalue weighted by Gasteiger charge is -2.23. The summed E-state index contributed by atoms with van der Waals surface area (Å²) in [5.41, 5.74) is -3.19. The van der Waals surface area contributed by atoms with Crippen molar-refractivity contribution in [2.45, 2.75) is 25.2 Å². The van der Waals surface area contributed by atoms with E-state index in [1.54, 1.807) is 4.90 Å². The van der Waals surface area contributed by atoms with Gasteiger partial charge in [-0.25, -0.2) is 9.97 Å². The summed E-state index contributed by atoms with van der Waals surface area (Å²) in [7, 11) is 0. The summed E-state index contributed by atoms with van der Waals surface area (Å²) in [4.78, 5) is 9.54. The topological polar surface area (TPSA) is 72.4 Å². The number of hydrogen-bond donors (Lipinski definition) is 0. The van der Waals surface area contributed by atoms with Crippen LogP contribution in [0.1, 0.15) is 24.1 Å². The van der Waals surface area contributed by atoms with Gasteiger partial charge >= 0.3 is 12.4 Å². The zero-order valence-electron chi connectivity index (χ0n) is 15.5. The zero-order valence-corrected chi connectivity index (χ0v) is 15.5. The maximum absolute atomic E-state index is 13.9. The molecule has 0 atom stereocenters. The molecule has 0 N–H and O–H groups in total. The summed E-state index contributed by atoms with van der Waals surface area (Å²) < 4.78 is 88.1.